The van der Waals surface area contributed by atoms with Gasteiger partial charge in [-0.25, -0.2) is 0 Å². The average molecular weight is 216 g/mol. The summed E-state index contributed by atoms with van der Waals surface area (Å²) in [6, 6.07) is 0. The molecule has 0 aromatic carbocycles. The molecule has 0 bridgehead atoms. The van der Waals surface area contributed by atoms with E-state index in [4.69, 9.17) is 10.5 Å². The van der Waals surface area contributed by atoms with Gasteiger partial charge in [0.15, 0.2) is 5.69 Å². The Hall–Kier alpha value is -0.610. The van der Waals surface area contributed by atoms with Gasteiger partial charge in [0.05, 0.1) is 4.88 Å². The Bertz CT molecular complexity index is 290. The molecule has 0 aliphatic heterocycles. The molecule has 3 nitrogen and oxygen atoms in total. The van der Waals surface area contributed by atoms with Gasteiger partial charge in [0.1, 0.15) is 7.05 Å². The Balaban J connectivity index is 0.000000424. The molecular formula is C8H12N2OS2. The van der Waals surface area contributed by atoms with E-state index in [0.717, 1.165) is 6.42 Å². The third-order valence-electron chi connectivity index (χ3n) is 1.62. The predicted octanol–water partition coefficient (Wildman–Crippen LogP) is 1.07. The van der Waals surface area contributed by atoms with Gasteiger partial charge in [-0.15, -0.1) is 0 Å². The number of aryl methyl sites for hydroxylation is 1. The van der Waals surface area contributed by atoms with Crippen molar-refractivity contribution >= 4 is 28.7 Å². The van der Waals surface area contributed by atoms with Gasteiger partial charge in [0.25, 0.3) is 0 Å². The standard InChI is InChI=1S/C7H12NOS.CNS/c1-6-7(3-4-9)10-5-8(6)2;2-1-3/h5,9H,3-4H2,1-2H3;/q+1;-1. The summed E-state index contributed by atoms with van der Waals surface area (Å²) in [4.78, 5) is 1.28. The molecule has 0 aliphatic carbocycles. The van der Waals surface area contributed by atoms with E-state index in [-0.39, 0.29) is 6.61 Å². The molecular weight excluding hydrogens is 204 g/mol. The smallest absolute Gasteiger partial charge is 0.224 e. The first kappa shape index (κ1) is 12.4. The second-order valence-electron chi connectivity index (χ2n) is 2.41. The Morgan fingerprint density at radius 2 is 2.31 bits per heavy atom. The van der Waals surface area contributed by atoms with Gasteiger partial charge >= 0.3 is 0 Å². The molecule has 0 radical (unpaired) electrons. The maximum absolute atomic E-state index is 8.65. The van der Waals surface area contributed by atoms with Crippen molar-refractivity contribution in [1.29, 1.82) is 0 Å². The lowest BCUT2D eigenvalue weighted by Crippen LogP contribution is -2.28. The van der Waals surface area contributed by atoms with Crippen LogP contribution < -0.4 is 4.57 Å². The Kier molecular flexibility index (Phi) is 6.54. The number of isothiocyanates is 1. The van der Waals surface area contributed by atoms with E-state index in [1.54, 1.807) is 11.3 Å². The molecule has 1 rings (SSSR count). The van der Waals surface area contributed by atoms with E-state index in [0.29, 0.717) is 0 Å². The number of aliphatic hydroxyl groups is 1. The third-order valence-corrected chi connectivity index (χ3v) is 2.83. The summed E-state index contributed by atoms with van der Waals surface area (Å²) in [5.74, 6) is 0. The summed E-state index contributed by atoms with van der Waals surface area (Å²) in [6.45, 7) is 2.32. The number of aromatic nitrogens is 1. The summed E-state index contributed by atoms with van der Waals surface area (Å²) in [6.07, 6.45) is 0.789. The van der Waals surface area contributed by atoms with E-state index >= 15 is 0 Å². The van der Waals surface area contributed by atoms with Crippen LogP contribution in [0.25, 0.3) is 5.41 Å². The number of thiazole rings is 1. The number of rotatable bonds is 2. The highest BCUT2D eigenvalue weighted by atomic mass is 32.1. The minimum absolute atomic E-state index is 0.251. The molecule has 0 atom stereocenters. The molecule has 1 heterocycles. The van der Waals surface area contributed by atoms with E-state index < -0.39 is 0 Å². The molecule has 0 fully saturated rings. The number of thiocarbonyl (C=S) groups is 1. The van der Waals surface area contributed by atoms with Crippen LogP contribution in [0.4, 0.5) is 0 Å². The fourth-order valence-electron chi connectivity index (χ4n) is 0.845. The molecule has 0 saturated heterocycles. The summed E-state index contributed by atoms with van der Waals surface area (Å²) in [5, 5.41) is 17.1. The van der Waals surface area contributed by atoms with Crippen LogP contribution in [0.15, 0.2) is 5.51 Å². The van der Waals surface area contributed by atoms with Gasteiger partial charge in [0, 0.05) is 20.0 Å². The van der Waals surface area contributed by atoms with Crippen LogP contribution in [-0.2, 0) is 13.5 Å². The number of hydrogen-bond acceptors (Lipinski definition) is 3. The topological polar surface area (TPSA) is 46.4 Å². The van der Waals surface area contributed by atoms with Crippen LogP contribution in [0.1, 0.15) is 10.6 Å². The normalized spacial score (nSPS) is 8.54. The predicted molar refractivity (Wildman–Crippen MR) is 57.0 cm³/mol. The van der Waals surface area contributed by atoms with Gasteiger partial charge in [-0.05, 0) is 0 Å². The Labute approximate surface area is 87.2 Å². The quantitative estimate of drug-likeness (QED) is 0.457. The fourth-order valence-corrected chi connectivity index (χ4v) is 1.81. The van der Waals surface area contributed by atoms with Gasteiger partial charge in [0.2, 0.25) is 5.51 Å². The van der Waals surface area contributed by atoms with E-state index in [9.17, 15) is 0 Å². The zero-order chi connectivity index (χ0) is 10.3. The van der Waals surface area contributed by atoms with Crippen molar-refractivity contribution < 1.29 is 9.67 Å². The van der Waals surface area contributed by atoms with Crippen LogP contribution >= 0.6 is 23.6 Å². The van der Waals surface area contributed by atoms with Crippen LogP contribution in [0.2, 0.25) is 0 Å². The van der Waals surface area contributed by atoms with Crippen LogP contribution in [0.5, 0.6) is 0 Å². The van der Waals surface area contributed by atoms with Crippen molar-refractivity contribution in [3.05, 3.63) is 21.5 Å². The first-order chi connectivity index (χ1) is 6.17. The highest BCUT2D eigenvalue weighted by Gasteiger charge is 2.09. The number of aliphatic hydroxyl groups excluding tert-OH is 1. The third kappa shape index (κ3) is 4.24. The molecule has 1 aromatic rings. The van der Waals surface area contributed by atoms with Crippen LogP contribution in [0, 0.1) is 6.92 Å². The highest BCUT2D eigenvalue weighted by Crippen LogP contribution is 2.09. The van der Waals surface area contributed by atoms with Gasteiger partial charge < -0.3 is 10.5 Å². The van der Waals surface area contributed by atoms with E-state index in [2.05, 4.69) is 29.2 Å². The first-order valence-corrected chi connectivity index (χ1v) is 5.00. The maximum Gasteiger partial charge on any atom is 0.224 e. The van der Waals surface area contributed by atoms with Crippen molar-refractivity contribution in [2.45, 2.75) is 13.3 Å². The van der Waals surface area contributed by atoms with Gasteiger partial charge in [-0.1, -0.05) is 23.6 Å². The summed E-state index contributed by atoms with van der Waals surface area (Å²) in [5.41, 5.74) is 3.32. The molecule has 0 amide bonds. The SMILES string of the molecule is Cc1c(CCO)sc[n+]1C.[N-]=C=S. The van der Waals surface area contributed by atoms with Crippen molar-refractivity contribution in [1.82, 2.24) is 0 Å². The Morgan fingerprint density at radius 3 is 2.62 bits per heavy atom. The maximum atomic E-state index is 8.65. The minimum atomic E-state index is 0.251. The lowest BCUT2D eigenvalue weighted by molar-refractivity contribution is -0.672. The number of hydrogen-bond donors (Lipinski definition) is 1. The zero-order valence-corrected chi connectivity index (χ0v) is 9.28. The molecule has 1 N–H and O–H groups in total. The lowest BCUT2D eigenvalue weighted by Gasteiger charge is -1.88. The average Bonchev–Trinajstić information content (AvgIpc) is 2.38. The van der Waals surface area contributed by atoms with Crippen LogP contribution in [0.3, 0.4) is 0 Å². The van der Waals surface area contributed by atoms with Crippen molar-refractivity contribution in [2.75, 3.05) is 6.61 Å². The molecule has 5 heteroatoms. The minimum Gasteiger partial charge on any atom is -0.753 e. The second-order valence-corrected chi connectivity index (χ2v) is 3.53. The number of nitrogens with zero attached hydrogens (tertiary/aromatic N) is 2. The van der Waals surface area contributed by atoms with Gasteiger partial charge in [-0.3, -0.25) is 0 Å². The molecule has 1 aromatic heterocycles. The van der Waals surface area contributed by atoms with Crippen molar-refractivity contribution in [3.63, 3.8) is 0 Å². The van der Waals surface area contributed by atoms with Gasteiger partial charge in [-0.2, -0.15) is 9.73 Å². The largest absolute Gasteiger partial charge is 0.753 e. The van der Waals surface area contributed by atoms with Crippen molar-refractivity contribution in [2.24, 2.45) is 7.05 Å². The van der Waals surface area contributed by atoms with E-state index in [1.807, 2.05) is 7.05 Å². The molecule has 0 saturated carbocycles. The summed E-state index contributed by atoms with van der Waals surface area (Å²) >= 11 is 5.40. The van der Waals surface area contributed by atoms with Crippen LogP contribution in [-0.4, -0.2) is 16.9 Å². The summed E-state index contributed by atoms with van der Waals surface area (Å²) < 4.78 is 2.08. The Morgan fingerprint density at radius 1 is 1.77 bits per heavy atom. The first-order valence-electron chi connectivity index (χ1n) is 3.72. The van der Waals surface area contributed by atoms with E-state index in [1.165, 1.54) is 15.7 Å². The molecule has 0 spiro atoms. The highest BCUT2D eigenvalue weighted by molar-refractivity contribution is 7.78. The lowest BCUT2D eigenvalue weighted by atomic mass is 10.3. The van der Waals surface area contributed by atoms with Crippen molar-refractivity contribution in [3.8, 4) is 0 Å². The summed E-state index contributed by atoms with van der Waals surface area (Å²) in [7, 11) is 2.02. The fraction of sp³-hybridized carbons (Fsp3) is 0.500. The molecule has 13 heavy (non-hydrogen) atoms. The monoisotopic (exact) mass is 216 g/mol. The molecule has 0 aliphatic rings. The molecule has 0 unspecified atom stereocenters. The second kappa shape index (κ2) is 6.86. The molecule has 72 valence electrons. The zero-order valence-electron chi connectivity index (χ0n) is 7.65.